The van der Waals surface area contributed by atoms with Gasteiger partial charge in [0.05, 0.1) is 11.5 Å². The van der Waals surface area contributed by atoms with Crippen molar-refractivity contribution in [3.63, 3.8) is 0 Å². The fourth-order valence-corrected chi connectivity index (χ4v) is 3.72. The number of esters is 3. The number of fused-ring (bicyclic) bond motifs is 3. The van der Waals surface area contributed by atoms with E-state index in [4.69, 9.17) is 18.9 Å². The van der Waals surface area contributed by atoms with E-state index >= 15 is 0 Å². The van der Waals surface area contributed by atoms with Crippen molar-refractivity contribution in [2.45, 2.75) is 51.9 Å². The van der Waals surface area contributed by atoms with Crippen molar-refractivity contribution in [2.24, 2.45) is 5.92 Å². The van der Waals surface area contributed by atoms with E-state index < -0.39 is 41.6 Å². The van der Waals surface area contributed by atoms with Gasteiger partial charge in [-0.3, -0.25) is 9.59 Å². The van der Waals surface area contributed by atoms with E-state index in [9.17, 15) is 19.2 Å². The van der Waals surface area contributed by atoms with E-state index in [0.717, 1.165) is 0 Å². The van der Waals surface area contributed by atoms with Crippen molar-refractivity contribution < 1.29 is 38.1 Å². The third-order valence-electron chi connectivity index (χ3n) is 5.47. The molecule has 8 heteroatoms. The van der Waals surface area contributed by atoms with Crippen LogP contribution >= 0.6 is 0 Å². The van der Waals surface area contributed by atoms with Gasteiger partial charge in [-0.1, -0.05) is 12.7 Å². The fourth-order valence-electron chi connectivity index (χ4n) is 3.72. The van der Waals surface area contributed by atoms with Crippen molar-refractivity contribution in [3.05, 3.63) is 47.3 Å². The van der Waals surface area contributed by atoms with Gasteiger partial charge in [-0.25, -0.2) is 9.59 Å². The molecule has 3 rings (SSSR count). The van der Waals surface area contributed by atoms with Crippen LogP contribution in [0.25, 0.3) is 0 Å². The maximum atomic E-state index is 12.8. The molecule has 1 saturated heterocycles. The first-order valence-electron chi connectivity index (χ1n) is 9.59. The molecule has 0 radical (unpaired) electrons. The monoisotopic (exact) mass is 416 g/mol. The molecule has 0 amide bonds. The summed E-state index contributed by atoms with van der Waals surface area (Å²) >= 11 is 0. The number of hydrogen-bond acceptors (Lipinski definition) is 8. The summed E-state index contributed by atoms with van der Waals surface area (Å²) in [6.45, 7) is 9.77. The van der Waals surface area contributed by atoms with Crippen molar-refractivity contribution in [2.75, 3.05) is 6.61 Å². The molecule has 0 aromatic carbocycles. The largest absolute Gasteiger partial charge is 0.479 e. The highest BCUT2D eigenvalue weighted by molar-refractivity contribution is 6.00. The molecule has 4 atom stereocenters. The highest BCUT2D eigenvalue weighted by Gasteiger charge is 2.51. The number of ketones is 1. The molecular weight excluding hydrogens is 392 g/mol. The van der Waals surface area contributed by atoms with E-state index in [1.54, 1.807) is 26.8 Å². The summed E-state index contributed by atoms with van der Waals surface area (Å²) in [4.78, 5) is 48.7. The molecule has 0 N–H and O–H groups in total. The summed E-state index contributed by atoms with van der Waals surface area (Å²) in [5.41, 5.74) is -0.332. The molecule has 30 heavy (non-hydrogen) atoms. The first-order chi connectivity index (χ1) is 14.1. The molecule has 3 aliphatic heterocycles. The average Bonchev–Trinajstić information content (AvgIpc) is 3.11. The number of carbonyl (C=O) groups is 4. The summed E-state index contributed by atoms with van der Waals surface area (Å²) in [7, 11) is 0. The van der Waals surface area contributed by atoms with Gasteiger partial charge >= 0.3 is 17.9 Å². The summed E-state index contributed by atoms with van der Waals surface area (Å²) in [5, 5.41) is 0. The quantitative estimate of drug-likeness (QED) is 0.390. The zero-order valence-electron chi connectivity index (χ0n) is 17.4. The molecule has 0 aliphatic carbocycles. The Balaban J connectivity index is 1.95. The van der Waals surface area contributed by atoms with Crippen LogP contribution in [-0.4, -0.2) is 48.1 Å². The maximum Gasteiger partial charge on any atom is 0.337 e. The second kappa shape index (κ2) is 7.93. The molecule has 3 aliphatic rings. The molecule has 0 saturated carbocycles. The smallest absolute Gasteiger partial charge is 0.337 e. The van der Waals surface area contributed by atoms with Crippen LogP contribution in [0.1, 0.15) is 34.1 Å². The zero-order chi connectivity index (χ0) is 22.2. The summed E-state index contributed by atoms with van der Waals surface area (Å²) in [6.07, 6.45) is 2.90. The van der Waals surface area contributed by atoms with Gasteiger partial charge in [-0.05, 0) is 32.4 Å². The lowest BCUT2D eigenvalue weighted by atomic mass is 9.82. The van der Waals surface area contributed by atoms with Gasteiger partial charge in [0, 0.05) is 25.0 Å². The minimum atomic E-state index is -1.26. The van der Waals surface area contributed by atoms with Gasteiger partial charge in [0.2, 0.25) is 5.78 Å². The molecule has 0 aromatic rings. The molecule has 0 unspecified atom stereocenters. The third kappa shape index (κ3) is 3.94. The van der Waals surface area contributed by atoms with E-state index in [0.29, 0.717) is 11.3 Å². The predicted octanol–water partition coefficient (Wildman–Crippen LogP) is 2.10. The van der Waals surface area contributed by atoms with Gasteiger partial charge in [0.25, 0.3) is 0 Å². The zero-order valence-corrected chi connectivity index (χ0v) is 17.4. The van der Waals surface area contributed by atoms with Crippen LogP contribution in [0.3, 0.4) is 0 Å². The van der Waals surface area contributed by atoms with Crippen LogP contribution in [0.2, 0.25) is 0 Å². The number of rotatable bonds is 4. The average molecular weight is 416 g/mol. The molecule has 2 bridgehead atoms. The molecule has 0 aromatic heterocycles. The van der Waals surface area contributed by atoms with Crippen LogP contribution in [0.15, 0.2) is 47.3 Å². The Morgan fingerprint density at radius 1 is 1.37 bits per heavy atom. The van der Waals surface area contributed by atoms with Crippen LogP contribution in [-0.2, 0) is 38.1 Å². The minimum absolute atomic E-state index is 0.0000791. The van der Waals surface area contributed by atoms with Gasteiger partial charge in [0.1, 0.15) is 24.6 Å². The van der Waals surface area contributed by atoms with Crippen molar-refractivity contribution in [1.29, 1.82) is 0 Å². The lowest BCUT2D eigenvalue weighted by Gasteiger charge is -2.31. The highest BCUT2D eigenvalue weighted by atomic mass is 16.6. The maximum absolute atomic E-state index is 12.8. The number of ether oxygens (including phenoxy) is 4. The minimum Gasteiger partial charge on any atom is -0.479 e. The molecule has 8 nitrogen and oxygen atoms in total. The van der Waals surface area contributed by atoms with Crippen LogP contribution in [0, 0.1) is 5.92 Å². The highest BCUT2D eigenvalue weighted by Crippen LogP contribution is 2.42. The lowest BCUT2D eigenvalue weighted by molar-refractivity contribution is -0.154. The van der Waals surface area contributed by atoms with Gasteiger partial charge < -0.3 is 18.9 Å². The second-order valence-electron chi connectivity index (χ2n) is 7.72. The number of hydrogen-bond donors (Lipinski definition) is 0. The van der Waals surface area contributed by atoms with Gasteiger partial charge in [-0.15, -0.1) is 0 Å². The predicted molar refractivity (Wildman–Crippen MR) is 104 cm³/mol. The fraction of sp³-hybridized carbons (Fsp3) is 0.455. The molecule has 0 spiro atoms. The van der Waals surface area contributed by atoms with Crippen LogP contribution < -0.4 is 0 Å². The van der Waals surface area contributed by atoms with E-state index in [1.807, 2.05) is 0 Å². The second-order valence-corrected chi connectivity index (χ2v) is 7.72. The standard InChI is InChI=1S/C22H24O8/c1-6-14(10-27-13(4)23)21(26)29-17-9-22(5)18(24)8-15(30-22)11(2)7-16-19(17)12(3)20(25)28-16/h6-8,16-17,19H,3,9-10H2,1-2,4-5H3/b11-7-,14-6+/t16-,17+,19+,22+/m0/s1. The van der Waals surface area contributed by atoms with Crippen molar-refractivity contribution in [3.8, 4) is 0 Å². The first kappa shape index (κ1) is 21.5. The topological polar surface area (TPSA) is 105 Å². The molecule has 1 fully saturated rings. The Morgan fingerprint density at radius 3 is 2.70 bits per heavy atom. The SMILES string of the molecule is C=C1C(=O)O[C@H]2/C=C(/C)C3=CC(=O)[C@@](C)(C[C@@H](OC(=O)/C(=C/C)COC(C)=O)[C@H]12)O3. The normalized spacial score (nSPS) is 32.5. The Kier molecular flexibility index (Phi) is 5.70. The van der Waals surface area contributed by atoms with Crippen molar-refractivity contribution >= 4 is 23.7 Å². The lowest BCUT2D eigenvalue weighted by Crippen LogP contribution is -2.43. The van der Waals surface area contributed by atoms with E-state index in [2.05, 4.69) is 6.58 Å². The summed E-state index contributed by atoms with van der Waals surface area (Å²) < 4.78 is 21.9. The van der Waals surface area contributed by atoms with E-state index in [-0.39, 0.29) is 30.0 Å². The Hall–Kier alpha value is -3.16. The number of carbonyl (C=O) groups excluding carboxylic acids is 4. The van der Waals surface area contributed by atoms with Crippen molar-refractivity contribution in [1.82, 2.24) is 0 Å². The Labute approximate surface area is 174 Å². The van der Waals surface area contributed by atoms with Gasteiger partial charge in [-0.2, -0.15) is 0 Å². The van der Waals surface area contributed by atoms with Crippen LogP contribution in [0.5, 0.6) is 0 Å². The Morgan fingerprint density at radius 2 is 2.07 bits per heavy atom. The summed E-state index contributed by atoms with van der Waals surface area (Å²) in [5.74, 6) is -2.39. The van der Waals surface area contributed by atoms with E-state index in [1.165, 1.54) is 19.1 Å². The third-order valence-corrected chi connectivity index (χ3v) is 5.47. The molecule has 160 valence electrons. The van der Waals surface area contributed by atoms with Gasteiger partial charge in [0.15, 0.2) is 5.60 Å². The molecule has 3 heterocycles. The van der Waals surface area contributed by atoms with Crippen LogP contribution in [0.4, 0.5) is 0 Å². The Bertz CT molecular complexity index is 921. The molecular formula is C22H24O8. The summed E-state index contributed by atoms with van der Waals surface area (Å²) in [6, 6.07) is 0. The first-order valence-corrected chi connectivity index (χ1v) is 9.59. The number of allylic oxidation sites excluding steroid dienone is 2.